The van der Waals surface area contributed by atoms with Crippen LogP contribution in [0, 0.1) is 0 Å². The van der Waals surface area contributed by atoms with Gasteiger partial charge in [0, 0.05) is 24.6 Å². The zero-order chi connectivity index (χ0) is 34.3. The van der Waals surface area contributed by atoms with Crippen molar-refractivity contribution in [3.63, 3.8) is 0 Å². The maximum absolute atomic E-state index is 13.7. The third kappa shape index (κ3) is 6.63. The molecule has 10 N–H and O–H groups in total. The molecule has 2 aliphatic heterocycles. The molecule has 0 spiro atoms. The number of aliphatic hydroxyl groups is 6. The molecule has 2 aliphatic rings. The van der Waals surface area contributed by atoms with E-state index in [1.54, 1.807) is 0 Å². The summed E-state index contributed by atoms with van der Waals surface area (Å²) < 4.78 is 32.9. The van der Waals surface area contributed by atoms with E-state index in [0.29, 0.717) is 0 Å². The van der Waals surface area contributed by atoms with Gasteiger partial charge >= 0.3 is 5.97 Å². The van der Waals surface area contributed by atoms with Crippen molar-refractivity contribution in [1.82, 2.24) is 0 Å². The van der Waals surface area contributed by atoms with Crippen molar-refractivity contribution in [3.05, 3.63) is 40.6 Å². The fourth-order valence-electron chi connectivity index (χ4n) is 5.18. The fraction of sp³-hybridized carbons (Fsp3) is 0.448. The third-order valence-corrected chi connectivity index (χ3v) is 7.62. The number of phenols is 4. The molecule has 1 aromatic heterocycles. The van der Waals surface area contributed by atoms with Gasteiger partial charge in [0.05, 0.1) is 6.61 Å². The molecule has 2 fully saturated rings. The van der Waals surface area contributed by atoms with Gasteiger partial charge in [-0.15, -0.1) is 0 Å². The van der Waals surface area contributed by atoms with Gasteiger partial charge in [0.15, 0.2) is 23.5 Å². The third-order valence-electron chi connectivity index (χ3n) is 7.62. The van der Waals surface area contributed by atoms with Gasteiger partial charge in [0.2, 0.25) is 17.5 Å². The maximum Gasteiger partial charge on any atom is 0.302 e. The van der Waals surface area contributed by atoms with Gasteiger partial charge in [0.1, 0.15) is 77.9 Å². The smallest absolute Gasteiger partial charge is 0.302 e. The first-order chi connectivity index (χ1) is 22.2. The first-order valence-electron chi connectivity index (χ1n) is 14.0. The molecule has 0 bridgehead atoms. The first-order valence-corrected chi connectivity index (χ1v) is 14.0. The average Bonchev–Trinajstić information content (AvgIpc) is 3.01. The number of aromatic hydroxyl groups is 4. The molecule has 2 aromatic carbocycles. The van der Waals surface area contributed by atoms with Crippen molar-refractivity contribution in [2.45, 2.75) is 68.3 Å². The number of esters is 1. The Morgan fingerprint density at radius 2 is 1.51 bits per heavy atom. The predicted molar refractivity (Wildman–Crippen MR) is 151 cm³/mol. The summed E-state index contributed by atoms with van der Waals surface area (Å²) in [7, 11) is 0. The molecule has 3 heterocycles. The van der Waals surface area contributed by atoms with Crippen LogP contribution in [0.3, 0.4) is 0 Å². The molecule has 18 heteroatoms. The highest BCUT2D eigenvalue weighted by Gasteiger charge is 2.52. The zero-order valence-corrected chi connectivity index (χ0v) is 24.3. The molecule has 0 saturated carbocycles. The number of carbonyl (C=O) groups excluding carboxylic acids is 1. The van der Waals surface area contributed by atoms with E-state index >= 15 is 0 Å². The monoisotopic (exact) mass is 668 g/mol. The summed E-state index contributed by atoms with van der Waals surface area (Å²) in [5.41, 5.74) is -1.47. The first kappa shape index (κ1) is 34.1. The summed E-state index contributed by atoms with van der Waals surface area (Å²) >= 11 is 0. The van der Waals surface area contributed by atoms with Crippen LogP contribution in [0.4, 0.5) is 0 Å². The Morgan fingerprint density at radius 1 is 0.809 bits per heavy atom. The molecule has 2 saturated heterocycles. The zero-order valence-electron chi connectivity index (χ0n) is 24.3. The molecular formula is C29H32O18. The van der Waals surface area contributed by atoms with Crippen molar-refractivity contribution in [3.8, 4) is 40.1 Å². The lowest BCUT2D eigenvalue weighted by Crippen LogP contribution is -2.65. The SMILES string of the molecule is CC(=O)OC[C@H]1O[C@@H](O[C@H]2[C@@H](O)[C@@H](CO)O[C@@H](Oc3c(-c4ccc(O)c(O)c4)oc4cc(O)cc(O)c4c3=O)[C@@H]2O)[C@H](O)[C@@H](O)[C@@H]1O. The number of ether oxygens (including phenoxy) is 5. The Hall–Kier alpha value is -4.24. The highest BCUT2D eigenvalue weighted by atomic mass is 16.7. The molecule has 0 unspecified atom stereocenters. The second kappa shape index (κ2) is 13.5. The lowest BCUT2D eigenvalue weighted by atomic mass is 9.97. The summed E-state index contributed by atoms with van der Waals surface area (Å²) in [5, 5.41) is 103. The van der Waals surface area contributed by atoms with Crippen LogP contribution >= 0.6 is 0 Å². The Labute approximate surface area is 263 Å². The molecule has 5 rings (SSSR count). The summed E-state index contributed by atoms with van der Waals surface area (Å²) in [6.45, 7) is -0.388. The number of aliphatic hydroxyl groups excluding tert-OH is 6. The lowest BCUT2D eigenvalue weighted by Gasteiger charge is -2.45. The highest BCUT2D eigenvalue weighted by Crippen LogP contribution is 2.40. The van der Waals surface area contributed by atoms with Crippen LogP contribution < -0.4 is 10.2 Å². The number of benzene rings is 2. The standard InChI is InChI=1S/C29H32O18/c1-9(31)42-8-17-19(36)22(39)23(40)28(45-17)46-26-20(37)16(7-30)44-29(24(26)41)47-27-21(38)18-14(35)5-11(32)6-15(18)43-25(27)10-2-3-12(33)13(34)4-10/h2-6,16-17,19-20,22-24,26,28-30,32-37,39-41H,7-8H2,1H3/t16-,17-,19-,20+,22+,23-,24-,26+,28+,29+/m1/s1. The average molecular weight is 669 g/mol. The van der Waals surface area contributed by atoms with Crippen LogP contribution in [0.15, 0.2) is 39.5 Å². The van der Waals surface area contributed by atoms with E-state index in [2.05, 4.69) is 0 Å². The molecule has 10 atom stereocenters. The minimum Gasteiger partial charge on any atom is -0.508 e. The second-order valence-corrected chi connectivity index (χ2v) is 10.9. The number of hydrogen-bond acceptors (Lipinski definition) is 18. The predicted octanol–water partition coefficient (Wildman–Crippen LogP) is -2.14. The van der Waals surface area contributed by atoms with Crippen LogP contribution in [0.1, 0.15) is 6.92 Å². The Morgan fingerprint density at radius 3 is 2.17 bits per heavy atom. The van der Waals surface area contributed by atoms with E-state index in [1.807, 2.05) is 0 Å². The number of carbonyl (C=O) groups is 1. The van der Waals surface area contributed by atoms with Crippen molar-refractivity contribution >= 4 is 16.9 Å². The number of hydrogen-bond donors (Lipinski definition) is 10. The molecule has 47 heavy (non-hydrogen) atoms. The molecule has 0 amide bonds. The minimum atomic E-state index is -2.07. The van der Waals surface area contributed by atoms with Crippen LogP contribution in [0.25, 0.3) is 22.3 Å². The molecule has 256 valence electrons. The van der Waals surface area contributed by atoms with Gasteiger partial charge in [-0.05, 0) is 18.2 Å². The number of rotatable bonds is 8. The summed E-state index contributed by atoms with van der Waals surface area (Å²) in [4.78, 5) is 25.0. The van der Waals surface area contributed by atoms with Gasteiger partial charge < -0.3 is 79.2 Å². The second-order valence-electron chi connectivity index (χ2n) is 10.9. The molecule has 0 radical (unpaired) electrons. The lowest BCUT2D eigenvalue weighted by molar-refractivity contribution is -0.353. The van der Waals surface area contributed by atoms with E-state index in [9.17, 15) is 60.7 Å². The van der Waals surface area contributed by atoms with E-state index in [1.165, 1.54) is 6.07 Å². The van der Waals surface area contributed by atoms with Gasteiger partial charge in [-0.25, -0.2) is 0 Å². The van der Waals surface area contributed by atoms with Crippen LogP contribution in [0.5, 0.6) is 28.7 Å². The van der Waals surface area contributed by atoms with E-state index in [0.717, 1.165) is 31.2 Å². The van der Waals surface area contributed by atoms with Crippen molar-refractivity contribution in [1.29, 1.82) is 0 Å². The van der Waals surface area contributed by atoms with Gasteiger partial charge in [-0.3, -0.25) is 9.59 Å². The Balaban J connectivity index is 1.52. The van der Waals surface area contributed by atoms with Gasteiger partial charge in [0.25, 0.3) is 0 Å². The van der Waals surface area contributed by atoms with E-state index in [4.69, 9.17) is 28.1 Å². The quantitative estimate of drug-likeness (QED) is 0.0904. The molecule has 3 aromatic rings. The van der Waals surface area contributed by atoms with Crippen LogP contribution in [0.2, 0.25) is 0 Å². The van der Waals surface area contributed by atoms with E-state index < -0.39 is 126 Å². The Bertz CT molecular complexity index is 1670. The van der Waals surface area contributed by atoms with Crippen molar-refractivity contribution < 1.29 is 84.0 Å². The topological polar surface area (TPSA) is 296 Å². The summed E-state index contributed by atoms with van der Waals surface area (Å²) in [6.07, 6.45) is -18.2. The molecule has 18 nitrogen and oxygen atoms in total. The summed E-state index contributed by atoms with van der Waals surface area (Å²) in [5.74, 6) is -4.29. The van der Waals surface area contributed by atoms with Crippen LogP contribution in [-0.4, -0.2) is 132 Å². The fourth-order valence-corrected chi connectivity index (χ4v) is 5.18. The van der Waals surface area contributed by atoms with Gasteiger partial charge in [-0.2, -0.15) is 0 Å². The normalized spacial score (nSPS) is 31.0. The van der Waals surface area contributed by atoms with E-state index in [-0.39, 0.29) is 11.1 Å². The highest BCUT2D eigenvalue weighted by molar-refractivity contribution is 5.88. The Kier molecular flexibility index (Phi) is 9.78. The number of phenolic OH excluding ortho intramolecular Hbond substituents is 4. The molecular weight excluding hydrogens is 636 g/mol. The van der Waals surface area contributed by atoms with Gasteiger partial charge in [-0.1, -0.05) is 0 Å². The maximum atomic E-state index is 13.7. The minimum absolute atomic E-state index is 0.0703. The van der Waals surface area contributed by atoms with Crippen molar-refractivity contribution in [2.75, 3.05) is 13.2 Å². The van der Waals surface area contributed by atoms with Crippen molar-refractivity contribution in [2.24, 2.45) is 0 Å². The number of fused-ring (bicyclic) bond motifs is 1. The van der Waals surface area contributed by atoms with Crippen LogP contribution in [-0.2, 0) is 23.7 Å². The summed E-state index contributed by atoms with van der Waals surface area (Å²) in [6, 6.07) is 5.12. The largest absolute Gasteiger partial charge is 0.508 e. The molecule has 0 aliphatic carbocycles.